The Morgan fingerprint density at radius 2 is 1.82 bits per heavy atom. The van der Waals surface area contributed by atoms with Crippen LogP contribution in [0.25, 0.3) is 11.1 Å². The number of para-hydroxylation sites is 2. The van der Waals surface area contributed by atoms with Crippen LogP contribution in [-0.4, -0.2) is 41.6 Å². The topological polar surface area (TPSA) is 58.7 Å². The van der Waals surface area contributed by atoms with Gasteiger partial charge in [-0.2, -0.15) is 0 Å². The maximum Gasteiger partial charge on any atom is 0.419 e. The zero-order chi connectivity index (χ0) is 19.5. The average Bonchev–Trinajstić information content (AvgIpc) is 3.03. The lowest BCUT2D eigenvalue weighted by Gasteiger charge is -2.36. The van der Waals surface area contributed by atoms with E-state index in [9.17, 15) is 9.59 Å². The van der Waals surface area contributed by atoms with Gasteiger partial charge in [-0.1, -0.05) is 24.3 Å². The van der Waals surface area contributed by atoms with Gasteiger partial charge >= 0.3 is 5.76 Å². The van der Waals surface area contributed by atoms with Crippen molar-refractivity contribution in [2.75, 3.05) is 31.1 Å². The Morgan fingerprint density at radius 3 is 2.61 bits per heavy atom. The average molecular weight is 379 g/mol. The summed E-state index contributed by atoms with van der Waals surface area (Å²) in [6.07, 6.45) is 1.07. The molecular formula is C22H25N3O3. The van der Waals surface area contributed by atoms with Crippen molar-refractivity contribution in [1.29, 1.82) is 0 Å². The molecule has 4 rings (SSSR count). The van der Waals surface area contributed by atoms with E-state index < -0.39 is 0 Å². The summed E-state index contributed by atoms with van der Waals surface area (Å²) in [4.78, 5) is 28.8. The Bertz CT molecular complexity index is 1030. The van der Waals surface area contributed by atoms with E-state index in [-0.39, 0.29) is 11.7 Å². The molecule has 0 unspecified atom stereocenters. The van der Waals surface area contributed by atoms with Crippen LogP contribution in [0.1, 0.15) is 18.4 Å². The van der Waals surface area contributed by atoms with Crippen molar-refractivity contribution in [3.63, 3.8) is 0 Å². The Kier molecular flexibility index (Phi) is 5.19. The second-order valence-corrected chi connectivity index (χ2v) is 7.30. The third-order valence-electron chi connectivity index (χ3n) is 5.35. The van der Waals surface area contributed by atoms with E-state index in [2.05, 4.69) is 36.1 Å². The van der Waals surface area contributed by atoms with Crippen molar-refractivity contribution >= 4 is 22.7 Å². The van der Waals surface area contributed by atoms with Gasteiger partial charge in [0, 0.05) is 44.8 Å². The van der Waals surface area contributed by atoms with Crippen molar-refractivity contribution in [3.05, 3.63) is 64.6 Å². The first-order valence-electron chi connectivity index (χ1n) is 9.79. The van der Waals surface area contributed by atoms with Gasteiger partial charge in [-0.05, 0) is 43.2 Å². The van der Waals surface area contributed by atoms with E-state index in [0.717, 1.165) is 31.7 Å². The molecule has 2 aromatic carbocycles. The lowest BCUT2D eigenvalue weighted by molar-refractivity contribution is -0.131. The third-order valence-corrected chi connectivity index (χ3v) is 5.35. The molecule has 1 fully saturated rings. The smallest absolute Gasteiger partial charge is 0.408 e. The van der Waals surface area contributed by atoms with Crippen molar-refractivity contribution in [1.82, 2.24) is 9.47 Å². The summed E-state index contributed by atoms with van der Waals surface area (Å²) in [5.41, 5.74) is 3.84. The molecule has 0 N–H and O–H groups in total. The van der Waals surface area contributed by atoms with Gasteiger partial charge in [0.05, 0.1) is 5.52 Å². The molecule has 0 spiro atoms. The first-order chi connectivity index (χ1) is 13.6. The molecule has 28 heavy (non-hydrogen) atoms. The van der Waals surface area contributed by atoms with Crippen LogP contribution in [0, 0.1) is 6.92 Å². The van der Waals surface area contributed by atoms with E-state index in [0.29, 0.717) is 25.0 Å². The molecule has 146 valence electrons. The molecule has 0 radical (unpaired) electrons. The normalized spacial score (nSPS) is 14.6. The molecule has 0 atom stereocenters. The molecule has 6 nitrogen and oxygen atoms in total. The summed E-state index contributed by atoms with van der Waals surface area (Å²) in [6, 6.07) is 15.9. The molecule has 1 saturated heterocycles. The minimum atomic E-state index is -0.361. The van der Waals surface area contributed by atoms with Crippen LogP contribution in [0.15, 0.2) is 57.7 Å². The quantitative estimate of drug-likeness (QED) is 0.684. The molecular weight excluding hydrogens is 354 g/mol. The summed E-state index contributed by atoms with van der Waals surface area (Å²) in [5.74, 6) is -0.204. The molecule has 0 saturated carbocycles. The molecule has 1 amide bonds. The van der Waals surface area contributed by atoms with E-state index in [4.69, 9.17) is 4.42 Å². The Labute approximate surface area is 164 Å². The highest BCUT2D eigenvalue weighted by Gasteiger charge is 2.21. The molecule has 1 aromatic heterocycles. The summed E-state index contributed by atoms with van der Waals surface area (Å²) in [6.45, 7) is 5.76. The molecule has 0 bridgehead atoms. The first kappa shape index (κ1) is 18.3. The van der Waals surface area contributed by atoms with E-state index in [1.807, 2.05) is 23.1 Å². The SMILES string of the molecule is Cc1cccc(N2CCN(C(=O)CCCn3c(=O)oc4ccccc43)CC2)c1. The monoisotopic (exact) mass is 379 g/mol. The van der Waals surface area contributed by atoms with Crippen LogP contribution >= 0.6 is 0 Å². The summed E-state index contributed by atoms with van der Waals surface area (Å²) < 4.78 is 6.85. The van der Waals surface area contributed by atoms with Crippen LogP contribution < -0.4 is 10.7 Å². The first-order valence-corrected chi connectivity index (χ1v) is 9.79. The van der Waals surface area contributed by atoms with Gasteiger partial charge in [0.2, 0.25) is 5.91 Å². The van der Waals surface area contributed by atoms with Crippen molar-refractivity contribution in [2.24, 2.45) is 0 Å². The third kappa shape index (κ3) is 3.81. The maximum absolute atomic E-state index is 12.6. The fraction of sp³-hybridized carbons (Fsp3) is 0.364. The van der Waals surface area contributed by atoms with E-state index >= 15 is 0 Å². The summed E-state index contributed by atoms with van der Waals surface area (Å²) in [5, 5.41) is 0. The minimum Gasteiger partial charge on any atom is -0.408 e. The van der Waals surface area contributed by atoms with Gasteiger partial charge in [-0.3, -0.25) is 9.36 Å². The largest absolute Gasteiger partial charge is 0.419 e. The number of fused-ring (bicyclic) bond motifs is 1. The zero-order valence-electron chi connectivity index (χ0n) is 16.1. The predicted octanol–water partition coefficient (Wildman–Crippen LogP) is 3.03. The van der Waals surface area contributed by atoms with Crippen LogP contribution in [0.5, 0.6) is 0 Å². The summed E-state index contributed by atoms with van der Waals surface area (Å²) >= 11 is 0. The number of piperazine rings is 1. The lowest BCUT2D eigenvalue weighted by Crippen LogP contribution is -2.48. The number of aromatic nitrogens is 1. The number of amides is 1. The highest BCUT2D eigenvalue weighted by atomic mass is 16.4. The molecule has 6 heteroatoms. The fourth-order valence-electron chi connectivity index (χ4n) is 3.81. The van der Waals surface area contributed by atoms with Gasteiger partial charge in [-0.15, -0.1) is 0 Å². The predicted molar refractivity (Wildman–Crippen MR) is 110 cm³/mol. The van der Waals surface area contributed by atoms with Gasteiger partial charge in [0.1, 0.15) is 0 Å². The molecule has 0 aliphatic carbocycles. The van der Waals surface area contributed by atoms with Gasteiger partial charge in [0.15, 0.2) is 5.58 Å². The van der Waals surface area contributed by atoms with Crippen molar-refractivity contribution in [3.8, 4) is 0 Å². The number of nitrogens with zero attached hydrogens (tertiary/aromatic N) is 3. The van der Waals surface area contributed by atoms with Gasteiger partial charge in [-0.25, -0.2) is 4.79 Å². The second kappa shape index (κ2) is 7.92. The number of oxazole rings is 1. The standard InChI is InChI=1S/C22H25N3O3/c1-17-6-4-7-18(16-17)23-12-14-24(15-13-23)21(26)10-5-11-25-19-8-2-3-9-20(19)28-22(25)27/h2-4,6-9,16H,5,10-15H2,1H3. The molecule has 1 aliphatic heterocycles. The molecule has 3 aromatic rings. The number of hydrogen-bond acceptors (Lipinski definition) is 4. The number of carbonyl (C=O) groups excluding carboxylic acids is 1. The van der Waals surface area contributed by atoms with Crippen molar-refractivity contribution in [2.45, 2.75) is 26.3 Å². The zero-order valence-corrected chi connectivity index (χ0v) is 16.1. The maximum atomic E-state index is 12.6. The van der Waals surface area contributed by atoms with Gasteiger partial charge < -0.3 is 14.2 Å². The van der Waals surface area contributed by atoms with Crippen LogP contribution in [0.4, 0.5) is 5.69 Å². The molecule has 1 aliphatic rings. The van der Waals surface area contributed by atoms with Crippen LogP contribution in [0.3, 0.4) is 0 Å². The number of aryl methyl sites for hydroxylation is 2. The second-order valence-electron chi connectivity index (χ2n) is 7.30. The van der Waals surface area contributed by atoms with Crippen LogP contribution in [0.2, 0.25) is 0 Å². The highest BCUT2D eigenvalue weighted by molar-refractivity contribution is 5.76. The molecule has 2 heterocycles. The van der Waals surface area contributed by atoms with Crippen LogP contribution in [-0.2, 0) is 11.3 Å². The van der Waals surface area contributed by atoms with E-state index in [1.165, 1.54) is 11.3 Å². The number of anilines is 1. The Balaban J connectivity index is 1.29. The summed E-state index contributed by atoms with van der Waals surface area (Å²) in [7, 11) is 0. The van der Waals surface area contributed by atoms with E-state index in [1.54, 1.807) is 10.6 Å². The number of hydrogen-bond donors (Lipinski definition) is 0. The minimum absolute atomic E-state index is 0.157. The number of carbonyl (C=O) groups is 1. The highest BCUT2D eigenvalue weighted by Crippen LogP contribution is 2.18. The number of benzene rings is 2. The fourth-order valence-corrected chi connectivity index (χ4v) is 3.81. The Hall–Kier alpha value is -3.02. The van der Waals surface area contributed by atoms with Gasteiger partial charge in [0.25, 0.3) is 0 Å². The lowest BCUT2D eigenvalue weighted by atomic mass is 10.2. The Morgan fingerprint density at radius 1 is 1.04 bits per heavy atom. The van der Waals surface area contributed by atoms with Crippen molar-refractivity contribution < 1.29 is 9.21 Å². The number of rotatable bonds is 5.